The Hall–Kier alpha value is -2.60. The maximum atomic E-state index is 12.6. The second-order valence-corrected chi connectivity index (χ2v) is 6.79. The van der Waals surface area contributed by atoms with E-state index in [0.717, 1.165) is 41.7 Å². The van der Waals surface area contributed by atoms with Crippen LogP contribution in [-0.2, 0) is 0 Å². The monoisotopic (exact) mass is 353 g/mol. The molecule has 1 aliphatic heterocycles. The molecule has 5 nitrogen and oxygen atoms in total. The lowest BCUT2D eigenvalue weighted by molar-refractivity contribution is 0.106. The number of piperidine rings is 1. The number of rotatable bonds is 3. The molecule has 0 aliphatic carbocycles. The molecule has 0 spiro atoms. The predicted molar refractivity (Wildman–Crippen MR) is 100 cm³/mol. The van der Waals surface area contributed by atoms with E-state index in [9.17, 15) is 4.79 Å². The standard InChI is InChI=1S/C19H19N3O2S/c23-19(20-15-8-9-18-14(11-15)13-25-21-18)22-10-4-7-17(12-22)24-16-5-2-1-3-6-16/h1-3,5-6,8-9,11,13,17H,4,7,10,12H2,(H,20,23). The van der Waals surface area contributed by atoms with Crippen molar-refractivity contribution in [3.05, 3.63) is 53.9 Å². The molecule has 2 heterocycles. The van der Waals surface area contributed by atoms with Gasteiger partial charge in [-0.15, -0.1) is 0 Å². The Kier molecular flexibility index (Phi) is 4.52. The summed E-state index contributed by atoms with van der Waals surface area (Å²) in [6, 6.07) is 15.5. The van der Waals surface area contributed by atoms with Gasteiger partial charge in [0.05, 0.1) is 12.1 Å². The highest BCUT2D eigenvalue weighted by atomic mass is 32.1. The molecule has 1 saturated heterocycles. The third-order valence-electron chi connectivity index (χ3n) is 4.32. The van der Waals surface area contributed by atoms with Gasteiger partial charge >= 0.3 is 6.03 Å². The van der Waals surface area contributed by atoms with Crippen LogP contribution in [0.3, 0.4) is 0 Å². The Bertz CT molecular complexity index is 865. The van der Waals surface area contributed by atoms with Crippen molar-refractivity contribution in [1.29, 1.82) is 0 Å². The summed E-state index contributed by atoms with van der Waals surface area (Å²) < 4.78 is 10.3. The van der Waals surface area contributed by atoms with E-state index >= 15 is 0 Å². The highest BCUT2D eigenvalue weighted by Gasteiger charge is 2.25. The van der Waals surface area contributed by atoms with Gasteiger partial charge in [0, 0.05) is 23.0 Å². The van der Waals surface area contributed by atoms with Crippen LogP contribution in [-0.4, -0.2) is 34.5 Å². The third-order valence-corrected chi connectivity index (χ3v) is 4.98. The van der Waals surface area contributed by atoms with Crippen LogP contribution in [0.1, 0.15) is 12.8 Å². The maximum Gasteiger partial charge on any atom is 0.321 e. The summed E-state index contributed by atoms with van der Waals surface area (Å²) in [6.45, 7) is 1.35. The highest BCUT2D eigenvalue weighted by Crippen LogP contribution is 2.22. The zero-order chi connectivity index (χ0) is 17.1. The number of hydrogen-bond acceptors (Lipinski definition) is 4. The number of amides is 2. The lowest BCUT2D eigenvalue weighted by Gasteiger charge is -2.33. The molecule has 2 amide bonds. The molecule has 0 radical (unpaired) electrons. The van der Waals surface area contributed by atoms with Crippen LogP contribution in [0, 0.1) is 0 Å². The summed E-state index contributed by atoms with van der Waals surface area (Å²) in [4.78, 5) is 14.4. The molecule has 0 saturated carbocycles. The Morgan fingerprint density at radius 1 is 1.24 bits per heavy atom. The molecule has 0 bridgehead atoms. The molecular weight excluding hydrogens is 334 g/mol. The second-order valence-electron chi connectivity index (χ2n) is 6.16. The molecule has 2 aromatic carbocycles. The number of fused-ring (bicyclic) bond motifs is 1. The Morgan fingerprint density at radius 2 is 2.12 bits per heavy atom. The van der Waals surface area contributed by atoms with Crippen LogP contribution < -0.4 is 10.1 Å². The Balaban J connectivity index is 1.39. The van der Waals surface area contributed by atoms with E-state index in [0.29, 0.717) is 6.54 Å². The van der Waals surface area contributed by atoms with Crippen molar-refractivity contribution in [2.45, 2.75) is 18.9 Å². The van der Waals surface area contributed by atoms with Gasteiger partial charge in [0.2, 0.25) is 0 Å². The molecule has 1 atom stereocenters. The minimum Gasteiger partial charge on any atom is -0.489 e. The largest absolute Gasteiger partial charge is 0.489 e. The van der Waals surface area contributed by atoms with Gasteiger partial charge in [0.1, 0.15) is 11.9 Å². The van der Waals surface area contributed by atoms with Gasteiger partial charge in [-0.25, -0.2) is 4.79 Å². The van der Waals surface area contributed by atoms with Crippen molar-refractivity contribution in [1.82, 2.24) is 9.27 Å². The van der Waals surface area contributed by atoms with Crippen molar-refractivity contribution in [3.63, 3.8) is 0 Å². The molecule has 6 heteroatoms. The van der Waals surface area contributed by atoms with Crippen LogP contribution in [0.5, 0.6) is 5.75 Å². The lowest BCUT2D eigenvalue weighted by atomic mass is 10.1. The first-order valence-corrected chi connectivity index (χ1v) is 9.23. The molecule has 1 N–H and O–H groups in total. The van der Waals surface area contributed by atoms with E-state index < -0.39 is 0 Å². The fourth-order valence-corrected chi connectivity index (χ4v) is 3.70. The van der Waals surface area contributed by atoms with Crippen molar-refractivity contribution in [2.75, 3.05) is 18.4 Å². The van der Waals surface area contributed by atoms with E-state index in [1.165, 1.54) is 11.5 Å². The fraction of sp³-hybridized carbons (Fsp3) is 0.263. The van der Waals surface area contributed by atoms with E-state index in [-0.39, 0.29) is 12.1 Å². The van der Waals surface area contributed by atoms with Crippen LogP contribution in [0.4, 0.5) is 10.5 Å². The van der Waals surface area contributed by atoms with Crippen molar-refractivity contribution in [3.8, 4) is 5.75 Å². The van der Waals surface area contributed by atoms with Gasteiger partial charge in [-0.1, -0.05) is 18.2 Å². The Morgan fingerprint density at radius 3 is 3.00 bits per heavy atom. The number of para-hydroxylation sites is 1. The van der Waals surface area contributed by atoms with E-state index in [2.05, 4.69) is 9.69 Å². The number of urea groups is 1. The Labute approximate surface area is 150 Å². The molecule has 25 heavy (non-hydrogen) atoms. The van der Waals surface area contributed by atoms with Crippen molar-refractivity contribution in [2.24, 2.45) is 0 Å². The van der Waals surface area contributed by atoms with Crippen molar-refractivity contribution < 1.29 is 9.53 Å². The molecule has 1 unspecified atom stereocenters. The number of carbonyl (C=O) groups excluding carboxylic acids is 1. The fourth-order valence-electron chi connectivity index (χ4n) is 3.06. The molecular formula is C19H19N3O2S. The van der Waals surface area contributed by atoms with Gasteiger partial charge in [-0.3, -0.25) is 0 Å². The van der Waals surface area contributed by atoms with Crippen LogP contribution in [0.25, 0.3) is 10.9 Å². The number of carbonyl (C=O) groups is 1. The smallest absolute Gasteiger partial charge is 0.321 e. The van der Waals surface area contributed by atoms with Crippen molar-refractivity contribution >= 4 is 34.2 Å². The van der Waals surface area contributed by atoms with Crippen LogP contribution in [0.15, 0.2) is 53.9 Å². The van der Waals surface area contributed by atoms with E-state index in [4.69, 9.17) is 4.74 Å². The minimum atomic E-state index is -0.0797. The summed E-state index contributed by atoms with van der Waals surface area (Å²) in [5.41, 5.74) is 1.75. The number of nitrogens with zero attached hydrogens (tertiary/aromatic N) is 2. The predicted octanol–water partition coefficient (Wildman–Crippen LogP) is 4.37. The number of hydrogen-bond donors (Lipinski definition) is 1. The van der Waals surface area contributed by atoms with Gasteiger partial charge in [0.25, 0.3) is 0 Å². The number of likely N-dealkylation sites (tertiary alicyclic amines) is 1. The molecule has 1 fully saturated rings. The molecule has 1 aliphatic rings. The second kappa shape index (κ2) is 7.11. The zero-order valence-corrected chi connectivity index (χ0v) is 14.5. The number of ether oxygens (including phenoxy) is 1. The first-order chi connectivity index (χ1) is 12.3. The van der Waals surface area contributed by atoms with Gasteiger partial charge in [0.15, 0.2) is 0 Å². The molecule has 4 rings (SSSR count). The quantitative estimate of drug-likeness (QED) is 0.761. The third kappa shape index (κ3) is 3.74. The maximum absolute atomic E-state index is 12.6. The summed E-state index contributed by atoms with van der Waals surface area (Å²) in [7, 11) is 0. The lowest BCUT2D eigenvalue weighted by Crippen LogP contribution is -2.46. The summed E-state index contributed by atoms with van der Waals surface area (Å²) >= 11 is 1.42. The number of anilines is 1. The highest BCUT2D eigenvalue weighted by molar-refractivity contribution is 7.04. The topological polar surface area (TPSA) is 54.5 Å². The van der Waals surface area contributed by atoms with E-state index in [1.54, 1.807) is 0 Å². The summed E-state index contributed by atoms with van der Waals surface area (Å²) in [6.07, 6.45) is 1.94. The van der Waals surface area contributed by atoms with Gasteiger partial charge in [-0.2, -0.15) is 4.37 Å². The first kappa shape index (κ1) is 15.9. The molecule has 1 aromatic heterocycles. The van der Waals surface area contributed by atoms with Crippen LogP contribution >= 0.6 is 11.5 Å². The van der Waals surface area contributed by atoms with Crippen LogP contribution in [0.2, 0.25) is 0 Å². The number of benzene rings is 2. The average Bonchev–Trinajstić information content (AvgIpc) is 3.10. The van der Waals surface area contributed by atoms with Gasteiger partial charge in [-0.05, 0) is 54.7 Å². The summed E-state index contributed by atoms with van der Waals surface area (Å²) in [5, 5.41) is 6.02. The summed E-state index contributed by atoms with van der Waals surface area (Å²) in [5.74, 6) is 0.852. The normalized spacial score (nSPS) is 17.4. The zero-order valence-electron chi connectivity index (χ0n) is 13.7. The molecule has 3 aromatic rings. The average molecular weight is 353 g/mol. The minimum absolute atomic E-state index is 0.0328. The number of nitrogens with one attached hydrogen (secondary N) is 1. The molecule has 128 valence electrons. The first-order valence-electron chi connectivity index (χ1n) is 8.40. The number of aromatic nitrogens is 1. The SMILES string of the molecule is O=C(Nc1ccc2nscc2c1)N1CCCC(Oc2ccccc2)C1. The van der Waals surface area contributed by atoms with Gasteiger partial charge < -0.3 is 15.0 Å². The van der Waals surface area contributed by atoms with E-state index in [1.807, 2.05) is 58.8 Å².